The lowest BCUT2D eigenvalue weighted by molar-refractivity contribution is -0.139. The highest BCUT2D eigenvalue weighted by atomic mass is 16.5. The first kappa shape index (κ1) is 21.1. The van der Waals surface area contributed by atoms with E-state index < -0.39 is 11.9 Å². The Morgan fingerprint density at radius 3 is 1.88 bits per heavy atom. The average Bonchev–Trinajstić information content (AvgIpc) is 3.21. The first-order valence-electron chi connectivity index (χ1n) is 10.3. The van der Waals surface area contributed by atoms with E-state index in [0.29, 0.717) is 17.8 Å². The molecule has 0 fully saturated rings. The van der Waals surface area contributed by atoms with Crippen LogP contribution >= 0.6 is 0 Å². The maximum absolute atomic E-state index is 12.2. The molecule has 3 aromatic carbocycles. The van der Waals surface area contributed by atoms with E-state index in [1.165, 1.54) is 12.2 Å². The normalized spacial score (nSPS) is 11.5. The second-order valence-corrected chi connectivity index (χ2v) is 7.06. The summed E-state index contributed by atoms with van der Waals surface area (Å²) in [6, 6.07) is 21.0. The van der Waals surface area contributed by atoms with Crippen molar-refractivity contribution >= 4 is 46.0 Å². The lowest BCUT2D eigenvalue weighted by atomic mass is 10.1. The minimum absolute atomic E-state index is 0.217. The zero-order chi connectivity index (χ0) is 22.3. The van der Waals surface area contributed by atoms with Crippen LogP contribution in [0.1, 0.15) is 23.6 Å². The first-order valence-corrected chi connectivity index (χ1v) is 10.3. The van der Waals surface area contributed by atoms with E-state index in [-0.39, 0.29) is 6.61 Å². The predicted octanol–water partition coefficient (Wildman–Crippen LogP) is 5.92. The predicted molar refractivity (Wildman–Crippen MR) is 125 cm³/mol. The highest BCUT2D eigenvalue weighted by molar-refractivity contribution is 6.10. The Labute approximate surface area is 185 Å². The maximum Gasteiger partial charge on any atom is 0.331 e. The lowest BCUT2D eigenvalue weighted by Gasteiger charge is -2.01. The van der Waals surface area contributed by atoms with E-state index in [9.17, 15) is 9.59 Å². The Balaban J connectivity index is 1.59. The Morgan fingerprint density at radius 2 is 1.31 bits per heavy atom. The third kappa shape index (κ3) is 4.78. The molecule has 1 heterocycles. The highest BCUT2D eigenvalue weighted by Gasteiger charge is 2.12. The number of carbonyl (C=O) groups excluding carboxylic acids is 2. The van der Waals surface area contributed by atoms with Gasteiger partial charge in [-0.25, -0.2) is 9.59 Å². The molecule has 0 spiro atoms. The Bertz CT molecular complexity index is 1310. The third-order valence-corrected chi connectivity index (χ3v) is 4.89. The van der Waals surface area contributed by atoms with E-state index >= 15 is 0 Å². The second-order valence-electron chi connectivity index (χ2n) is 7.06. The van der Waals surface area contributed by atoms with Crippen LogP contribution in [-0.4, -0.2) is 18.5 Å². The summed E-state index contributed by atoms with van der Waals surface area (Å²) in [6.07, 6.45) is 6.15. The van der Waals surface area contributed by atoms with Gasteiger partial charge in [0.25, 0.3) is 0 Å². The Hall–Kier alpha value is -4.12. The van der Waals surface area contributed by atoms with Crippen LogP contribution in [0.5, 0.6) is 0 Å². The molecular weight excluding hydrogens is 404 g/mol. The molecule has 0 amide bonds. The molecule has 1 aromatic heterocycles. The number of esters is 2. The number of fused-ring (bicyclic) bond motifs is 3. The maximum atomic E-state index is 12.2. The number of benzene rings is 3. The molecule has 0 radical (unpaired) electrons. The van der Waals surface area contributed by atoms with Gasteiger partial charge in [-0.2, -0.15) is 0 Å². The van der Waals surface area contributed by atoms with E-state index in [2.05, 4.69) is 0 Å². The highest BCUT2D eigenvalue weighted by Crippen LogP contribution is 2.33. The summed E-state index contributed by atoms with van der Waals surface area (Å²) < 4.78 is 16.4. The molecule has 0 aliphatic rings. The minimum Gasteiger partial charge on any atom is -0.463 e. The van der Waals surface area contributed by atoms with Crippen LogP contribution in [0.4, 0.5) is 0 Å². The molecule has 5 heteroatoms. The van der Waals surface area contributed by atoms with Crippen molar-refractivity contribution in [3.63, 3.8) is 0 Å². The zero-order valence-electron chi connectivity index (χ0n) is 17.6. The zero-order valence-corrected chi connectivity index (χ0v) is 17.6. The first-order chi connectivity index (χ1) is 15.7. The Kier molecular flexibility index (Phi) is 6.46. The van der Waals surface area contributed by atoms with Gasteiger partial charge in [0.1, 0.15) is 17.8 Å². The molecule has 0 aliphatic heterocycles. The molecule has 0 N–H and O–H groups in total. The summed E-state index contributed by atoms with van der Waals surface area (Å²) in [5.74, 6) is -0.835. The van der Waals surface area contributed by atoms with Crippen molar-refractivity contribution < 1.29 is 23.5 Å². The summed E-state index contributed by atoms with van der Waals surface area (Å²) >= 11 is 0. The van der Waals surface area contributed by atoms with Gasteiger partial charge in [-0.05, 0) is 24.6 Å². The summed E-state index contributed by atoms with van der Waals surface area (Å²) in [6.45, 7) is 2.30. The average molecular weight is 426 g/mol. The van der Waals surface area contributed by atoms with Crippen LogP contribution in [0, 0.1) is 0 Å². The topological polar surface area (TPSA) is 65.7 Å². The van der Waals surface area contributed by atoms with Gasteiger partial charge in [-0.15, -0.1) is 0 Å². The molecular formula is C27H22O5. The minimum atomic E-state index is -0.431. The number of furan rings is 1. The van der Waals surface area contributed by atoms with E-state index in [1.807, 2.05) is 66.7 Å². The van der Waals surface area contributed by atoms with Crippen LogP contribution in [0.3, 0.4) is 0 Å². The quantitative estimate of drug-likeness (QED) is 0.271. The molecule has 0 saturated heterocycles. The van der Waals surface area contributed by atoms with Gasteiger partial charge in [-0.1, -0.05) is 66.7 Å². The molecule has 5 nitrogen and oxygen atoms in total. The van der Waals surface area contributed by atoms with Gasteiger partial charge in [0.2, 0.25) is 0 Å². The largest absolute Gasteiger partial charge is 0.463 e. The number of para-hydroxylation sites is 2. The number of hydrogen-bond donors (Lipinski definition) is 0. The van der Waals surface area contributed by atoms with Crippen molar-refractivity contribution in [2.75, 3.05) is 6.61 Å². The molecule has 0 unspecified atom stereocenters. The van der Waals surface area contributed by atoms with Crippen molar-refractivity contribution in [2.45, 2.75) is 13.5 Å². The fourth-order valence-electron chi connectivity index (χ4n) is 3.41. The van der Waals surface area contributed by atoms with Gasteiger partial charge in [-0.3, -0.25) is 0 Å². The van der Waals surface area contributed by atoms with Crippen LogP contribution in [0.25, 0.3) is 34.1 Å². The van der Waals surface area contributed by atoms with Crippen LogP contribution in [-0.2, 0) is 25.7 Å². The SMILES string of the molecule is CCOC(=O)/C=C/c1cccc2c1oc1c(/C=C/C(=O)OCc3ccccc3)cccc12. The fourth-order valence-corrected chi connectivity index (χ4v) is 3.41. The number of ether oxygens (including phenoxy) is 2. The fraction of sp³-hybridized carbons (Fsp3) is 0.111. The lowest BCUT2D eigenvalue weighted by Crippen LogP contribution is -2.00. The van der Waals surface area contributed by atoms with E-state index in [1.54, 1.807) is 19.1 Å². The molecule has 4 aromatic rings. The van der Waals surface area contributed by atoms with Gasteiger partial charge in [0, 0.05) is 34.1 Å². The number of hydrogen-bond acceptors (Lipinski definition) is 5. The molecule has 0 atom stereocenters. The van der Waals surface area contributed by atoms with Gasteiger partial charge in [0.15, 0.2) is 0 Å². The van der Waals surface area contributed by atoms with Crippen LogP contribution in [0.15, 0.2) is 83.3 Å². The van der Waals surface area contributed by atoms with Crippen molar-refractivity contribution in [1.82, 2.24) is 0 Å². The molecule has 0 bridgehead atoms. The number of carbonyl (C=O) groups is 2. The summed E-state index contributed by atoms with van der Waals surface area (Å²) in [7, 11) is 0. The van der Waals surface area contributed by atoms with Gasteiger partial charge < -0.3 is 13.9 Å². The van der Waals surface area contributed by atoms with Crippen LogP contribution in [0.2, 0.25) is 0 Å². The molecule has 160 valence electrons. The van der Waals surface area contributed by atoms with Crippen molar-refractivity contribution in [3.8, 4) is 0 Å². The molecule has 4 rings (SSSR count). The van der Waals surface area contributed by atoms with Crippen molar-refractivity contribution in [3.05, 3.63) is 95.6 Å². The molecule has 0 saturated carbocycles. The van der Waals surface area contributed by atoms with Gasteiger partial charge >= 0.3 is 11.9 Å². The standard InChI is InChI=1S/C27H22O5/c1-2-30-24(28)16-14-20-10-6-12-22-23-13-7-11-21(27(23)32-26(20)22)15-17-25(29)31-18-19-8-4-3-5-9-19/h3-17H,2,18H2,1H3/b16-14+,17-15+. The third-order valence-electron chi connectivity index (χ3n) is 4.89. The van der Waals surface area contributed by atoms with E-state index in [0.717, 1.165) is 27.5 Å². The monoisotopic (exact) mass is 426 g/mol. The smallest absolute Gasteiger partial charge is 0.331 e. The molecule has 0 aliphatic carbocycles. The second kappa shape index (κ2) is 9.79. The number of rotatable bonds is 7. The molecule has 32 heavy (non-hydrogen) atoms. The summed E-state index contributed by atoms with van der Waals surface area (Å²) in [5.41, 5.74) is 3.78. The van der Waals surface area contributed by atoms with Crippen molar-refractivity contribution in [2.24, 2.45) is 0 Å². The van der Waals surface area contributed by atoms with Crippen molar-refractivity contribution in [1.29, 1.82) is 0 Å². The summed E-state index contributed by atoms with van der Waals surface area (Å²) in [5, 5.41) is 1.85. The van der Waals surface area contributed by atoms with Gasteiger partial charge in [0.05, 0.1) is 6.61 Å². The van der Waals surface area contributed by atoms with E-state index in [4.69, 9.17) is 13.9 Å². The van der Waals surface area contributed by atoms with Crippen LogP contribution < -0.4 is 0 Å². The summed E-state index contributed by atoms with van der Waals surface area (Å²) in [4.78, 5) is 23.8. The Morgan fingerprint density at radius 1 is 0.750 bits per heavy atom.